The molecular formula is C16H20N6O2. The number of nitrogens with zero attached hydrogens (tertiary/aromatic N) is 4. The summed E-state index contributed by atoms with van der Waals surface area (Å²) in [6.07, 6.45) is 1.84. The van der Waals surface area contributed by atoms with Crippen molar-refractivity contribution >= 4 is 11.0 Å². The van der Waals surface area contributed by atoms with E-state index >= 15 is 0 Å². The molecule has 4 rings (SSSR count). The number of hydrogen-bond donors (Lipinski definition) is 2. The number of aromatic nitrogens is 4. The molecule has 126 valence electrons. The highest BCUT2D eigenvalue weighted by molar-refractivity contribution is 5.75. The quantitative estimate of drug-likeness (QED) is 0.740. The van der Waals surface area contributed by atoms with Crippen LogP contribution in [0, 0.1) is 0 Å². The van der Waals surface area contributed by atoms with E-state index in [4.69, 9.17) is 10.3 Å². The number of nitrogens with two attached hydrogens (primary N) is 1. The molecule has 1 aliphatic rings. The number of imidazole rings is 1. The van der Waals surface area contributed by atoms with Crippen LogP contribution in [0.3, 0.4) is 0 Å². The van der Waals surface area contributed by atoms with Crippen molar-refractivity contribution in [2.45, 2.75) is 32.0 Å². The van der Waals surface area contributed by atoms with Crippen LogP contribution in [0.2, 0.25) is 0 Å². The number of rotatable bonds is 4. The molecule has 1 fully saturated rings. The molecule has 3 heterocycles. The van der Waals surface area contributed by atoms with Gasteiger partial charge in [-0.05, 0) is 25.0 Å². The van der Waals surface area contributed by atoms with Crippen molar-refractivity contribution in [3.63, 3.8) is 0 Å². The summed E-state index contributed by atoms with van der Waals surface area (Å²) in [4.78, 5) is 21.8. The third-order valence-electron chi connectivity index (χ3n) is 4.60. The van der Waals surface area contributed by atoms with E-state index in [-0.39, 0.29) is 18.3 Å². The van der Waals surface area contributed by atoms with Gasteiger partial charge >= 0.3 is 5.69 Å². The van der Waals surface area contributed by atoms with E-state index in [1.165, 1.54) is 0 Å². The summed E-state index contributed by atoms with van der Waals surface area (Å²) in [6.45, 7) is 2.70. The Kier molecular flexibility index (Phi) is 3.91. The van der Waals surface area contributed by atoms with Gasteiger partial charge in [0, 0.05) is 19.1 Å². The van der Waals surface area contributed by atoms with E-state index in [2.05, 4.69) is 20.0 Å². The largest absolute Gasteiger partial charge is 0.338 e. The molecule has 3 N–H and O–H groups in total. The first-order chi connectivity index (χ1) is 11.7. The molecule has 1 aromatic carbocycles. The van der Waals surface area contributed by atoms with Crippen LogP contribution in [0.25, 0.3) is 11.0 Å². The maximum absolute atomic E-state index is 12.3. The predicted molar refractivity (Wildman–Crippen MR) is 88.3 cm³/mol. The molecule has 0 radical (unpaired) electrons. The number of para-hydroxylation sites is 2. The van der Waals surface area contributed by atoms with Crippen LogP contribution in [0.1, 0.15) is 30.6 Å². The molecule has 0 saturated carbocycles. The topological polar surface area (TPSA) is 106 Å². The molecular weight excluding hydrogens is 308 g/mol. The highest BCUT2D eigenvalue weighted by Gasteiger charge is 2.24. The lowest BCUT2D eigenvalue weighted by Crippen LogP contribution is -2.36. The highest BCUT2D eigenvalue weighted by atomic mass is 16.5. The van der Waals surface area contributed by atoms with Crippen LogP contribution in [0.15, 0.2) is 33.6 Å². The van der Waals surface area contributed by atoms with Crippen molar-refractivity contribution in [2.24, 2.45) is 5.73 Å². The third-order valence-corrected chi connectivity index (χ3v) is 4.60. The summed E-state index contributed by atoms with van der Waals surface area (Å²) in [5.41, 5.74) is 7.33. The number of nitrogens with one attached hydrogen (secondary N) is 1. The van der Waals surface area contributed by atoms with E-state index in [0.717, 1.165) is 37.0 Å². The molecule has 3 aromatic rings. The van der Waals surface area contributed by atoms with Gasteiger partial charge in [-0.2, -0.15) is 4.98 Å². The monoisotopic (exact) mass is 328 g/mol. The molecule has 0 amide bonds. The Labute approximate surface area is 138 Å². The van der Waals surface area contributed by atoms with Gasteiger partial charge in [-0.15, -0.1) is 0 Å². The van der Waals surface area contributed by atoms with E-state index in [1.807, 2.05) is 28.8 Å². The van der Waals surface area contributed by atoms with Crippen LogP contribution in [-0.2, 0) is 13.1 Å². The summed E-state index contributed by atoms with van der Waals surface area (Å²) in [6, 6.07) is 8.05. The van der Waals surface area contributed by atoms with Crippen molar-refractivity contribution < 1.29 is 4.52 Å². The van der Waals surface area contributed by atoms with Gasteiger partial charge in [0.05, 0.1) is 24.1 Å². The Hall–Kier alpha value is -2.45. The number of likely N-dealkylation sites (tertiary alicyclic amines) is 1. The minimum Gasteiger partial charge on any atom is -0.338 e. The Morgan fingerprint density at radius 2 is 2.08 bits per heavy atom. The summed E-state index contributed by atoms with van der Waals surface area (Å²) < 4.78 is 6.93. The molecule has 0 unspecified atom stereocenters. The minimum atomic E-state index is -0.0274. The fraction of sp³-hybridized carbons (Fsp3) is 0.438. The lowest BCUT2D eigenvalue weighted by atomic mass is 10.0. The maximum atomic E-state index is 12.3. The van der Waals surface area contributed by atoms with Crippen molar-refractivity contribution in [1.82, 2.24) is 24.6 Å². The third kappa shape index (κ3) is 2.74. The fourth-order valence-electron chi connectivity index (χ4n) is 3.41. The van der Waals surface area contributed by atoms with Crippen molar-refractivity contribution in [3.05, 3.63) is 46.5 Å². The number of H-pyrrole nitrogens is 1. The molecule has 0 bridgehead atoms. The second-order valence-electron chi connectivity index (χ2n) is 6.13. The van der Waals surface area contributed by atoms with Gasteiger partial charge in [0.25, 0.3) is 0 Å². The number of piperidine rings is 1. The van der Waals surface area contributed by atoms with Crippen molar-refractivity contribution in [2.75, 3.05) is 13.1 Å². The lowest BCUT2D eigenvalue weighted by molar-refractivity contribution is 0.174. The second-order valence-corrected chi connectivity index (χ2v) is 6.13. The SMILES string of the molecule is NCc1nc(CN2CCC(n3c(=O)[nH]c4ccccc43)CC2)no1. The number of hydrogen-bond acceptors (Lipinski definition) is 6. The summed E-state index contributed by atoms with van der Waals surface area (Å²) in [5.74, 6) is 1.13. The van der Waals surface area contributed by atoms with Gasteiger partial charge in [-0.25, -0.2) is 4.79 Å². The second kappa shape index (κ2) is 6.21. The van der Waals surface area contributed by atoms with E-state index in [9.17, 15) is 4.79 Å². The first-order valence-electron chi connectivity index (χ1n) is 8.17. The first-order valence-corrected chi connectivity index (χ1v) is 8.17. The summed E-state index contributed by atoms with van der Waals surface area (Å²) in [5, 5.41) is 3.94. The molecule has 1 saturated heterocycles. The van der Waals surface area contributed by atoms with Crippen LogP contribution < -0.4 is 11.4 Å². The summed E-state index contributed by atoms with van der Waals surface area (Å²) >= 11 is 0. The Morgan fingerprint density at radius 3 is 2.83 bits per heavy atom. The standard InChI is InChI=1S/C16H20N6O2/c17-9-15-19-14(20-24-15)10-21-7-5-11(6-8-21)22-13-4-2-1-3-12(13)18-16(22)23/h1-4,11H,5-10,17H2,(H,18,23). The summed E-state index contributed by atoms with van der Waals surface area (Å²) in [7, 11) is 0. The zero-order chi connectivity index (χ0) is 16.5. The molecule has 24 heavy (non-hydrogen) atoms. The lowest BCUT2D eigenvalue weighted by Gasteiger charge is -2.31. The van der Waals surface area contributed by atoms with Crippen LogP contribution in [-0.4, -0.2) is 37.7 Å². The van der Waals surface area contributed by atoms with Gasteiger partial charge in [-0.1, -0.05) is 17.3 Å². The molecule has 2 aromatic heterocycles. The van der Waals surface area contributed by atoms with Gasteiger partial charge in [0.2, 0.25) is 5.89 Å². The van der Waals surface area contributed by atoms with Crippen LogP contribution >= 0.6 is 0 Å². The Balaban J connectivity index is 1.45. The number of benzene rings is 1. The zero-order valence-corrected chi connectivity index (χ0v) is 13.3. The van der Waals surface area contributed by atoms with E-state index < -0.39 is 0 Å². The molecule has 0 atom stereocenters. The molecule has 0 aliphatic carbocycles. The molecule has 1 aliphatic heterocycles. The van der Waals surface area contributed by atoms with Crippen molar-refractivity contribution in [3.8, 4) is 0 Å². The number of fused-ring (bicyclic) bond motifs is 1. The van der Waals surface area contributed by atoms with Gasteiger partial charge < -0.3 is 15.2 Å². The fourth-order valence-corrected chi connectivity index (χ4v) is 3.41. The van der Waals surface area contributed by atoms with E-state index in [1.54, 1.807) is 0 Å². The van der Waals surface area contributed by atoms with Crippen LogP contribution in [0.4, 0.5) is 0 Å². The van der Waals surface area contributed by atoms with Crippen molar-refractivity contribution in [1.29, 1.82) is 0 Å². The Morgan fingerprint density at radius 1 is 1.29 bits per heavy atom. The van der Waals surface area contributed by atoms with Gasteiger partial charge in [-0.3, -0.25) is 9.47 Å². The highest BCUT2D eigenvalue weighted by Crippen LogP contribution is 2.25. The average molecular weight is 328 g/mol. The maximum Gasteiger partial charge on any atom is 0.326 e. The average Bonchev–Trinajstić information content (AvgIpc) is 3.19. The Bertz CT molecular complexity index is 887. The molecule has 8 nitrogen and oxygen atoms in total. The molecule has 0 spiro atoms. The smallest absolute Gasteiger partial charge is 0.326 e. The van der Waals surface area contributed by atoms with E-state index in [0.29, 0.717) is 18.3 Å². The van der Waals surface area contributed by atoms with Crippen LogP contribution in [0.5, 0.6) is 0 Å². The molecule has 8 heteroatoms. The predicted octanol–water partition coefficient (Wildman–Crippen LogP) is 1.01. The van der Waals surface area contributed by atoms with Gasteiger partial charge in [0.1, 0.15) is 0 Å². The minimum absolute atomic E-state index is 0.0274. The first kappa shape index (κ1) is 15.1. The van der Waals surface area contributed by atoms with Gasteiger partial charge in [0.15, 0.2) is 5.82 Å². The number of aromatic amines is 1. The normalized spacial score (nSPS) is 16.9. The zero-order valence-electron chi connectivity index (χ0n) is 13.3.